The molecule has 0 saturated carbocycles. The van der Waals surface area contributed by atoms with Crippen LogP contribution in [-0.2, 0) is 9.53 Å². The number of rotatable bonds is 36. The normalized spacial score (nSPS) is 11.8. The molecule has 0 bridgehead atoms. The quantitative estimate of drug-likeness (QED) is 0.0404. The van der Waals surface area contributed by atoms with Crippen molar-refractivity contribution in [3.63, 3.8) is 0 Å². The van der Waals surface area contributed by atoms with Gasteiger partial charge in [-0.25, -0.2) is 0 Å². The average molecular weight is 605 g/mol. The standard InChI is InChI=1S/C41H80O2/c1-4-6-8-10-12-13-14-15-16-20-23-27-31-35-39-43-41(42)38-34-30-26-22-19-17-18-21-25-29-33-37-40(3)36-32-28-24-11-9-7-5-2/h36H,4-35,37-39H2,1-3H3. The second-order valence-corrected chi connectivity index (χ2v) is 13.8. The largest absolute Gasteiger partial charge is 0.466 e. The average Bonchev–Trinajstić information content (AvgIpc) is 3.01. The number of unbranched alkanes of at least 4 members (excludes halogenated alkanes) is 29. The smallest absolute Gasteiger partial charge is 0.305 e. The molecule has 0 rings (SSSR count). The Balaban J connectivity index is 3.24. The van der Waals surface area contributed by atoms with Gasteiger partial charge in [0.05, 0.1) is 6.61 Å². The Hall–Kier alpha value is -0.790. The van der Waals surface area contributed by atoms with Gasteiger partial charge in [0.15, 0.2) is 0 Å². The second-order valence-electron chi connectivity index (χ2n) is 13.8. The predicted octanol–water partition coefficient (Wildman–Crippen LogP) is 14.8. The number of esters is 1. The van der Waals surface area contributed by atoms with E-state index in [0.29, 0.717) is 13.0 Å². The summed E-state index contributed by atoms with van der Waals surface area (Å²) in [6, 6.07) is 0. The van der Waals surface area contributed by atoms with Crippen molar-refractivity contribution in [3.8, 4) is 0 Å². The minimum atomic E-state index is 0.0261. The van der Waals surface area contributed by atoms with E-state index in [1.807, 2.05) is 0 Å². The van der Waals surface area contributed by atoms with Crippen LogP contribution in [0.2, 0.25) is 0 Å². The lowest BCUT2D eigenvalue weighted by Gasteiger charge is -2.06. The van der Waals surface area contributed by atoms with Crippen molar-refractivity contribution >= 4 is 5.97 Å². The molecule has 0 aliphatic carbocycles. The third kappa shape index (κ3) is 37.3. The first-order valence-corrected chi connectivity index (χ1v) is 20.0. The summed E-state index contributed by atoms with van der Waals surface area (Å²) in [6.45, 7) is 7.55. The molecule has 0 spiro atoms. The van der Waals surface area contributed by atoms with Gasteiger partial charge in [-0.15, -0.1) is 0 Å². The van der Waals surface area contributed by atoms with E-state index in [1.165, 1.54) is 199 Å². The summed E-state index contributed by atoms with van der Waals surface area (Å²) < 4.78 is 5.46. The number of hydrogen-bond donors (Lipinski definition) is 0. The van der Waals surface area contributed by atoms with E-state index in [2.05, 4.69) is 26.8 Å². The van der Waals surface area contributed by atoms with E-state index in [0.717, 1.165) is 12.8 Å². The first-order chi connectivity index (χ1) is 21.2. The van der Waals surface area contributed by atoms with Gasteiger partial charge in [-0.05, 0) is 45.4 Å². The number of allylic oxidation sites excluding steroid dienone is 2. The highest BCUT2D eigenvalue weighted by molar-refractivity contribution is 5.69. The van der Waals surface area contributed by atoms with Gasteiger partial charge < -0.3 is 4.74 Å². The predicted molar refractivity (Wildman–Crippen MR) is 193 cm³/mol. The molecule has 0 aromatic rings. The fourth-order valence-electron chi connectivity index (χ4n) is 6.19. The Labute approximate surface area is 272 Å². The number of carbonyl (C=O) groups is 1. The summed E-state index contributed by atoms with van der Waals surface area (Å²) in [5, 5.41) is 0. The van der Waals surface area contributed by atoms with Gasteiger partial charge >= 0.3 is 5.97 Å². The van der Waals surface area contributed by atoms with E-state index in [1.54, 1.807) is 5.57 Å². The molecule has 0 atom stereocenters. The molecule has 2 heteroatoms. The van der Waals surface area contributed by atoms with Crippen LogP contribution in [0.4, 0.5) is 0 Å². The minimum absolute atomic E-state index is 0.0261. The number of ether oxygens (including phenoxy) is 1. The fourth-order valence-corrected chi connectivity index (χ4v) is 6.19. The summed E-state index contributed by atoms with van der Waals surface area (Å²) in [5.41, 5.74) is 1.62. The van der Waals surface area contributed by atoms with Crippen molar-refractivity contribution < 1.29 is 9.53 Å². The molecular formula is C41H80O2. The van der Waals surface area contributed by atoms with Crippen LogP contribution < -0.4 is 0 Å². The van der Waals surface area contributed by atoms with Gasteiger partial charge in [0.2, 0.25) is 0 Å². The van der Waals surface area contributed by atoms with Crippen LogP contribution in [0.25, 0.3) is 0 Å². The Kier molecular flexibility index (Phi) is 36.7. The van der Waals surface area contributed by atoms with Crippen molar-refractivity contribution in [2.75, 3.05) is 6.61 Å². The van der Waals surface area contributed by atoms with Crippen LogP contribution >= 0.6 is 0 Å². The lowest BCUT2D eigenvalue weighted by Crippen LogP contribution is -2.05. The van der Waals surface area contributed by atoms with E-state index in [9.17, 15) is 4.79 Å². The molecule has 0 radical (unpaired) electrons. The molecule has 0 aliphatic rings. The highest BCUT2D eigenvalue weighted by Crippen LogP contribution is 2.16. The van der Waals surface area contributed by atoms with Crippen LogP contribution in [0, 0.1) is 0 Å². The Bertz CT molecular complexity index is 566. The zero-order valence-corrected chi connectivity index (χ0v) is 30.1. The maximum absolute atomic E-state index is 12.0. The molecule has 2 nitrogen and oxygen atoms in total. The number of hydrogen-bond acceptors (Lipinski definition) is 2. The Morgan fingerprint density at radius 2 is 0.744 bits per heavy atom. The van der Waals surface area contributed by atoms with Crippen molar-refractivity contribution in [1.82, 2.24) is 0 Å². The van der Waals surface area contributed by atoms with Crippen molar-refractivity contribution in [2.24, 2.45) is 0 Å². The summed E-state index contributed by atoms with van der Waals surface area (Å²) >= 11 is 0. The highest BCUT2D eigenvalue weighted by atomic mass is 16.5. The van der Waals surface area contributed by atoms with Crippen molar-refractivity contribution in [2.45, 2.75) is 239 Å². The zero-order chi connectivity index (χ0) is 31.3. The van der Waals surface area contributed by atoms with E-state index < -0.39 is 0 Å². The Morgan fingerprint density at radius 3 is 1.16 bits per heavy atom. The van der Waals surface area contributed by atoms with Gasteiger partial charge in [-0.1, -0.05) is 199 Å². The maximum Gasteiger partial charge on any atom is 0.305 e. The third-order valence-electron chi connectivity index (χ3n) is 9.26. The van der Waals surface area contributed by atoms with Gasteiger partial charge in [0, 0.05) is 6.42 Å². The molecule has 0 fully saturated rings. The van der Waals surface area contributed by atoms with Gasteiger partial charge in [-0.2, -0.15) is 0 Å². The molecule has 43 heavy (non-hydrogen) atoms. The fraction of sp³-hybridized carbons (Fsp3) is 0.927. The number of carbonyl (C=O) groups excluding carboxylic acids is 1. The molecule has 0 heterocycles. The van der Waals surface area contributed by atoms with E-state index in [4.69, 9.17) is 4.74 Å². The topological polar surface area (TPSA) is 26.3 Å². The molecule has 0 unspecified atom stereocenters. The summed E-state index contributed by atoms with van der Waals surface area (Å²) in [7, 11) is 0. The van der Waals surface area contributed by atoms with Gasteiger partial charge in [0.25, 0.3) is 0 Å². The third-order valence-corrected chi connectivity index (χ3v) is 9.26. The lowest BCUT2D eigenvalue weighted by molar-refractivity contribution is -0.143. The maximum atomic E-state index is 12.0. The molecule has 0 aromatic carbocycles. The summed E-state index contributed by atoms with van der Waals surface area (Å²) in [6.07, 6.45) is 47.7. The molecule has 0 amide bonds. The zero-order valence-electron chi connectivity index (χ0n) is 30.1. The van der Waals surface area contributed by atoms with E-state index in [-0.39, 0.29) is 5.97 Å². The van der Waals surface area contributed by atoms with Crippen LogP contribution in [0.1, 0.15) is 239 Å². The van der Waals surface area contributed by atoms with Gasteiger partial charge in [-0.3, -0.25) is 4.79 Å². The minimum Gasteiger partial charge on any atom is -0.466 e. The molecule has 256 valence electrons. The molecule has 0 saturated heterocycles. The van der Waals surface area contributed by atoms with E-state index >= 15 is 0 Å². The molecular weight excluding hydrogens is 524 g/mol. The molecule has 0 N–H and O–H groups in total. The molecule has 0 aliphatic heterocycles. The van der Waals surface area contributed by atoms with Gasteiger partial charge in [0.1, 0.15) is 0 Å². The lowest BCUT2D eigenvalue weighted by atomic mass is 10.0. The highest BCUT2D eigenvalue weighted by Gasteiger charge is 2.03. The van der Waals surface area contributed by atoms with Crippen molar-refractivity contribution in [1.29, 1.82) is 0 Å². The molecule has 0 aromatic heterocycles. The Morgan fingerprint density at radius 1 is 0.419 bits per heavy atom. The van der Waals surface area contributed by atoms with Crippen molar-refractivity contribution in [3.05, 3.63) is 11.6 Å². The SMILES string of the molecule is CCCCCCCCC=C(C)CCCCCCCCCCCCCC(=O)OCCCCCCCCCCCCCCCC. The first-order valence-electron chi connectivity index (χ1n) is 20.0. The second kappa shape index (κ2) is 37.4. The van der Waals surface area contributed by atoms with Crippen LogP contribution in [0.5, 0.6) is 0 Å². The summed E-state index contributed by atoms with van der Waals surface area (Å²) in [4.78, 5) is 12.0. The van der Waals surface area contributed by atoms with Crippen LogP contribution in [-0.4, -0.2) is 12.6 Å². The van der Waals surface area contributed by atoms with Crippen LogP contribution in [0.15, 0.2) is 11.6 Å². The van der Waals surface area contributed by atoms with Crippen LogP contribution in [0.3, 0.4) is 0 Å². The monoisotopic (exact) mass is 605 g/mol. The summed E-state index contributed by atoms with van der Waals surface area (Å²) in [5.74, 6) is 0.0261. The first kappa shape index (κ1) is 42.2.